The maximum absolute atomic E-state index is 9.55. The molecule has 0 heterocycles. The lowest BCUT2D eigenvalue weighted by atomic mass is 10.1. The number of phenols is 2. The molecule has 0 bridgehead atoms. The van der Waals surface area contributed by atoms with Crippen LogP contribution >= 0.6 is 0 Å². The lowest BCUT2D eigenvalue weighted by molar-refractivity contribution is 0.140. The lowest BCUT2D eigenvalue weighted by Crippen LogP contribution is -2.04. The molecule has 0 aliphatic carbocycles. The summed E-state index contributed by atoms with van der Waals surface area (Å²) in [5.74, 6) is 5.06. The van der Waals surface area contributed by atoms with Crippen molar-refractivity contribution in [3.63, 3.8) is 0 Å². The van der Waals surface area contributed by atoms with E-state index in [1.165, 1.54) is 0 Å². The van der Waals surface area contributed by atoms with Crippen molar-refractivity contribution >= 4 is 0 Å². The highest BCUT2D eigenvalue weighted by atomic mass is 16.6. The quantitative estimate of drug-likeness (QED) is 0.607. The number of nitrogens with two attached hydrogens (primary N) is 1. The SMILES string of the molecule is Cc1c(O)ccc(CCON)c1O. The molecule has 4 nitrogen and oxygen atoms in total. The highest BCUT2D eigenvalue weighted by Crippen LogP contribution is 2.29. The number of aromatic hydroxyl groups is 2. The zero-order chi connectivity index (χ0) is 9.84. The molecule has 13 heavy (non-hydrogen) atoms. The van der Waals surface area contributed by atoms with E-state index in [9.17, 15) is 10.2 Å². The fourth-order valence-electron chi connectivity index (χ4n) is 1.12. The number of hydrogen-bond acceptors (Lipinski definition) is 4. The Morgan fingerprint density at radius 1 is 1.38 bits per heavy atom. The number of benzene rings is 1. The largest absolute Gasteiger partial charge is 0.508 e. The van der Waals surface area contributed by atoms with Gasteiger partial charge in [-0.15, -0.1) is 0 Å². The van der Waals surface area contributed by atoms with Crippen molar-refractivity contribution in [3.05, 3.63) is 23.3 Å². The van der Waals surface area contributed by atoms with Crippen LogP contribution in [0.1, 0.15) is 11.1 Å². The van der Waals surface area contributed by atoms with E-state index in [-0.39, 0.29) is 11.5 Å². The van der Waals surface area contributed by atoms with Crippen LogP contribution < -0.4 is 5.90 Å². The van der Waals surface area contributed by atoms with Crippen LogP contribution in [0.2, 0.25) is 0 Å². The summed E-state index contributed by atoms with van der Waals surface area (Å²) in [5.41, 5.74) is 1.20. The van der Waals surface area contributed by atoms with E-state index in [0.717, 1.165) is 5.56 Å². The van der Waals surface area contributed by atoms with Crippen molar-refractivity contribution in [2.45, 2.75) is 13.3 Å². The van der Waals surface area contributed by atoms with Crippen molar-refractivity contribution in [2.75, 3.05) is 6.61 Å². The second-order valence-corrected chi connectivity index (χ2v) is 2.84. The Labute approximate surface area is 76.5 Å². The van der Waals surface area contributed by atoms with Gasteiger partial charge in [0.1, 0.15) is 11.5 Å². The predicted octanol–water partition coefficient (Wildman–Crippen LogP) is 0.839. The van der Waals surface area contributed by atoms with Crippen LogP contribution in [0.3, 0.4) is 0 Å². The Morgan fingerprint density at radius 3 is 2.69 bits per heavy atom. The summed E-state index contributed by atoms with van der Waals surface area (Å²) < 4.78 is 0. The zero-order valence-corrected chi connectivity index (χ0v) is 7.45. The summed E-state index contributed by atoms with van der Waals surface area (Å²) in [6, 6.07) is 3.19. The summed E-state index contributed by atoms with van der Waals surface area (Å²) in [6.07, 6.45) is 0.531. The Balaban J connectivity index is 2.90. The molecule has 0 aliphatic rings. The molecular formula is C9H13NO3. The van der Waals surface area contributed by atoms with Gasteiger partial charge in [0.05, 0.1) is 6.61 Å². The highest BCUT2D eigenvalue weighted by molar-refractivity contribution is 5.47. The highest BCUT2D eigenvalue weighted by Gasteiger charge is 2.07. The summed E-state index contributed by atoms with van der Waals surface area (Å²) >= 11 is 0. The molecule has 0 aliphatic heterocycles. The van der Waals surface area contributed by atoms with Crippen molar-refractivity contribution in [1.29, 1.82) is 0 Å². The first-order chi connectivity index (χ1) is 6.16. The topological polar surface area (TPSA) is 75.7 Å². The van der Waals surface area contributed by atoms with E-state index in [2.05, 4.69) is 4.84 Å². The predicted molar refractivity (Wildman–Crippen MR) is 48.4 cm³/mol. The van der Waals surface area contributed by atoms with Crippen LogP contribution in [0.15, 0.2) is 12.1 Å². The van der Waals surface area contributed by atoms with E-state index in [0.29, 0.717) is 18.6 Å². The second kappa shape index (κ2) is 4.11. The van der Waals surface area contributed by atoms with Crippen LogP contribution in [0.25, 0.3) is 0 Å². The van der Waals surface area contributed by atoms with Gasteiger partial charge in [-0.25, -0.2) is 5.90 Å². The van der Waals surface area contributed by atoms with Gasteiger partial charge < -0.3 is 15.1 Å². The monoisotopic (exact) mass is 183 g/mol. The van der Waals surface area contributed by atoms with Crippen LogP contribution in [-0.4, -0.2) is 16.8 Å². The molecule has 1 aromatic rings. The average molecular weight is 183 g/mol. The van der Waals surface area contributed by atoms with Gasteiger partial charge in [-0.2, -0.15) is 0 Å². The summed E-state index contributed by atoms with van der Waals surface area (Å²) in [7, 11) is 0. The molecule has 0 amide bonds. The molecule has 0 atom stereocenters. The number of hydrogen-bond donors (Lipinski definition) is 3. The molecule has 1 rings (SSSR count). The Bertz CT molecular complexity index is 299. The van der Waals surface area contributed by atoms with Gasteiger partial charge in [-0.1, -0.05) is 6.07 Å². The fraction of sp³-hybridized carbons (Fsp3) is 0.333. The van der Waals surface area contributed by atoms with Crippen molar-refractivity contribution < 1.29 is 15.1 Å². The molecule has 0 spiro atoms. The van der Waals surface area contributed by atoms with Gasteiger partial charge in [-0.3, -0.25) is 0 Å². The van der Waals surface area contributed by atoms with Gasteiger partial charge >= 0.3 is 0 Å². The van der Waals surface area contributed by atoms with Crippen LogP contribution in [-0.2, 0) is 11.3 Å². The molecule has 0 unspecified atom stereocenters. The first kappa shape index (κ1) is 9.83. The Kier molecular flexibility index (Phi) is 3.11. The van der Waals surface area contributed by atoms with E-state index in [1.807, 2.05) is 0 Å². The number of rotatable bonds is 3. The van der Waals surface area contributed by atoms with Gasteiger partial charge in [0, 0.05) is 12.0 Å². The standard InChI is InChI=1S/C9H13NO3/c1-6-8(11)3-2-7(9(6)12)4-5-13-10/h2-3,11-12H,4-5,10H2,1H3. The smallest absolute Gasteiger partial charge is 0.125 e. The normalized spacial score (nSPS) is 10.3. The molecule has 72 valence electrons. The minimum absolute atomic E-state index is 0.0925. The maximum Gasteiger partial charge on any atom is 0.125 e. The summed E-state index contributed by atoms with van der Waals surface area (Å²) in [4.78, 5) is 4.40. The fourth-order valence-corrected chi connectivity index (χ4v) is 1.12. The van der Waals surface area contributed by atoms with E-state index in [1.54, 1.807) is 19.1 Å². The van der Waals surface area contributed by atoms with Crippen LogP contribution in [0.5, 0.6) is 11.5 Å². The van der Waals surface area contributed by atoms with Crippen molar-refractivity contribution in [2.24, 2.45) is 5.90 Å². The molecule has 0 aromatic heterocycles. The van der Waals surface area contributed by atoms with E-state index in [4.69, 9.17) is 5.90 Å². The first-order valence-corrected chi connectivity index (χ1v) is 3.99. The molecule has 4 N–H and O–H groups in total. The minimum atomic E-state index is 0.0925. The molecule has 0 saturated carbocycles. The maximum atomic E-state index is 9.55. The van der Waals surface area contributed by atoms with E-state index < -0.39 is 0 Å². The molecular weight excluding hydrogens is 170 g/mol. The second-order valence-electron chi connectivity index (χ2n) is 2.84. The van der Waals surface area contributed by atoms with Gasteiger partial charge in [0.25, 0.3) is 0 Å². The molecule has 0 radical (unpaired) electrons. The average Bonchev–Trinajstić information content (AvgIpc) is 2.13. The molecule has 4 heteroatoms. The molecule has 0 fully saturated rings. The first-order valence-electron chi connectivity index (χ1n) is 3.99. The third-order valence-corrected chi connectivity index (χ3v) is 1.98. The Morgan fingerprint density at radius 2 is 2.08 bits per heavy atom. The van der Waals surface area contributed by atoms with Gasteiger partial charge in [0.15, 0.2) is 0 Å². The molecule has 1 aromatic carbocycles. The molecule has 0 saturated heterocycles. The van der Waals surface area contributed by atoms with Gasteiger partial charge in [-0.05, 0) is 18.6 Å². The number of phenolic OH excluding ortho intramolecular Hbond substituents is 2. The lowest BCUT2D eigenvalue weighted by Gasteiger charge is -2.07. The van der Waals surface area contributed by atoms with Crippen LogP contribution in [0, 0.1) is 6.92 Å². The third kappa shape index (κ3) is 2.11. The van der Waals surface area contributed by atoms with Crippen LogP contribution in [0.4, 0.5) is 0 Å². The minimum Gasteiger partial charge on any atom is -0.508 e. The van der Waals surface area contributed by atoms with Gasteiger partial charge in [0.2, 0.25) is 0 Å². The zero-order valence-electron chi connectivity index (χ0n) is 7.45. The summed E-state index contributed by atoms with van der Waals surface area (Å²) in [6.45, 7) is 2.00. The van der Waals surface area contributed by atoms with E-state index >= 15 is 0 Å². The third-order valence-electron chi connectivity index (χ3n) is 1.98. The summed E-state index contributed by atoms with van der Waals surface area (Å²) in [5, 5.41) is 18.8. The Hall–Kier alpha value is -1.26. The van der Waals surface area contributed by atoms with Crippen molar-refractivity contribution in [3.8, 4) is 11.5 Å². The van der Waals surface area contributed by atoms with Crippen molar-refractivity contribution in [1.82, 2.24) is 0 Å².